The fraction of sp³-hybridized carbons (Fsp3) is 0.375. The third-order valence-electron chi connectivity index (χ3n) is 0.955. The predicted molar refractivity (Wildman–Crippen MR) is 54.2 cm³/mol. The van der Waals surface area contributed by atoms with E-state index >= 15 is 0 Å². The van der Waals surface area contributed by atoms with Gasteiger partial charge in [-0.05, 0) is 6.26 Å². The molecule has 3 heteroatoms. The Kier molecular flexibility index (Phi) is 6.94. The van der Waals surface area contributed by atoms with Crippen LogP contribution in [0.25, 0.3) is 0 Å². The first-order valence-electron chi connectivity index (χ1n) is 3.39. The van der Waals surface area contributed by atoms with Gasteiger partial charge in [-0.25, -0.2) is 0 Å². The first-order chi connectivity index (χ1) is 5.35. The monoisotopic (exact) mass is 170 g/mol. The first kappa shape index (κ1) is 10.3. The van der Waals surface area contributed by atoms with Crippen LogP contribution in [0.2, 0.25) is 0 Å². The van der Waals surface area contributed by atoms with Gasteiger partial charge in [-0.1, -0.05) is 23.9 Å². The number of nitrogens with zero attached hydrogens (tertiary/aromatic N) is 1. The molecular weight excluding hydrogens is 156 g/mol. The first-order valence-corrected chi connectivity index (χ1v) is 4.61. The minimum atomic E-state index is 0.667. The second-order valence-electron chi connectivity index (χ2n) is 1.81. The fourth-order valence-corrected chi connectivity index (χ4v) is 0.931. The van der Waals surface area contributed by atoms with Crippen LogP contribution in [-0.4, -0.2) is 24.5 Å². The van der Waals surface area contributed by atoms with E-state index < -0.39 is 0 Å². The Hall–Kier alpha value is -0.700. The summed E-state index contributed by atoms with van der Waals surface area (Å²) >= 11 is 1.59. The van der Waals surface area contributed by atoms with Crippen LogP contribution in [0.4, 0.5) is 0 Å². The van der Waals surface area contributed by atoms with Crippen molar-refractivity contribution < 1.29 is 0 Å². The minimum Gasteiger partial charge on any atom is -0.361 e. The molecule has 0 spiro atoms. The molecule has 0 unspecified atom stereocenters. The number of hydrogen-bond acceptors (Lipinski definition) is 2. The molecule has 62 valence electrons. The Bertz CT molecular complexity index is 152. The van der Waals surface area contributed by atoms with Crippen LogP contribution >= 0.6 is 11.8 Å². The van der Waals surface area contributed by atoms with Crippen LogP contribution in [0.5, 0.6) is 0 Å². The van der Waals surface area contributed by atoms with Crippen LogP contribution in [-0.2, 0) is 0 Å². The molecular formula is C8H14N2S. The lowest BCUT2D eigenvalue weighted by Gasteiger charge is -2.02. The van der Waals surface area contributed by atoms with Crippen LogP contribution < -0.4 is 5.32 Å². The Balaban J connectivity index is 3.72. The summed E-state index contributed by atoms with van der Waals surface area (Å²) in [4.78, 5) is 4.20. The summed E-state index contributed by atoms with van der Waals surface area (Å²) in [7, 11) is 0. The number of rotatable bonds is 4. The van der Waals surface area contributed by atoms with E-state index in [1.165, 1.54) is 0 Å². The van der Waals surface area contributed by atoms with E-state index in [0.717, 1.165) is 11.7 Å². The summed E-state index contributed by atoms with van der Waals surface area (Å²) in [6.45, 7) is 8.61. The Labute approximate surface area is 72.5 Å². The summed E-state index contributed by atoms with van der Waals surface area (Å²) in [5.41, 5.74) is 0. The van der Waals surface area contributed by atoms with E-state index in [1.807, 2.05) is 6.26 Å². The van der Waals surface area contributed by atoms with Gasteiger partial charge >= 0.3 is 0 Å². The Morgan fingerprint density at radius 2 is 2.27 bits per heavy atom. The Morgan fingerprint density at radius 3 is 2.73 bits per heavy atom. The van der Waals surface area contributed by atoms with Crippen molar-refractivity contribution in [3.05, 3.63) is 25.3 Å². The average molecular weight is 170 g/mol. The molecule has 0 radical (unpaired) electrons. The Morgan fingerprint density at radius 1 is 1.55 bits per heavy atom. The summed E-state index contributed by atoms with van der Waals surface area (Å²) in [5, 5.41) is 4.04. The lowest BCUT2D eigenvalue weighted by Crippen LogP contribution is -2.20. The summed E-state index contributed by atoms with van der Waals surface area (Å²) in [5.74, 6) is 0. The zero-order valence-corrected chi connectivity index (χ0v) is 7.66. The average Bonchev–Trinajstić information content (AvgIpc) is 2.05. The molecule has 0 saturated heterocycles. The molecule has 2 nitrogen and oxygen atoms in total. The van der Waals surface area contributed by atoms with Crippen molar-refractivity contribution >= 4 is 16.9 Å². The lowest BCUT2D eigenvalue weighted by molar-refractivity contribution is 1.05. The summed E-state index contributed by atoms with van der Waals surface area (Å²) in [6.07, 6.45) is 5.56. The molecule has 0 saturated carbocycles. The van der Waals surface area contributed by atoms with Gasteiger partial charge in [0.2, 0.25) is 0 Å². The molecule has 0 fully saturated rings. The van der Waals surface area contributed by atoms with Crippen molar-refractivity contribution in [3.63, 3.8) is 0 Å². The van der Waals surface area contributed by atoms with Crippen molar-refractivity contribution in [1.29, 1.82) is 0 Å². The molecule has 1 N–H and O–H groups in total. The van der Waals surface area contributed by atoms with Crippen LogP contribution in [0, 0.1) is 0 Å². The number of amidine groups is 1. The van der Waals surface area contributed by atoms with E-state index in [0.29, 0.717) is 6.54 Å². The molecule has 0 aromatic carbocycles. The molecule has 0 rings (SSSR count). The second-order valence-corrected chi connectivity index (χ2v) is 2.60. The minimum absolute atomic E-state index is 0.667. The van der Waals surface area contributed by atoms with Gasteiger partial charge in [-0.2, -0.15) is 0 Å². The molecule has 0 aliphatic heterocycles. The highest BCUT2D eigenvalue weighted by molar-refractivity contribution is 8.13. The molecule has 0 aromatic heterocycles. The molecule has 0 aliphatic carbocycles. The smallest absolute Gasteiger partial charge is 0.156 e. The molecule has 0 atom stereocenters. The molecule has 0 aromatic rings. The van der Waals surface area contributed by atoms with Gasteiger partial charge < -0.3 is 5.32 Å². The maximum atomic E-state index is 4.20. The van der Waals surface area contributed by atoms with Gasteiger partial charge in [0.05, 0.1) is 6.54 Å². The molecule has 0 amide bonds. The molecule has 0 aliphatic rings. The highest BCUT2D eigenvalue weighted by Gasteiger charge is 1.90. The summed E-state index contributed by atoms with van der Waals surface area (Å²) in [6, 6.07) is 0. The third kappa shape index (κ3) is 5.73. The number of hydrogen-bond donors (Lipinski definition) is 1. The zero-order valence-electron chi connectivity index (χ0n) is 6.84. The van der Waals surface area contributed by atoms with Crippen molar-refractivity contribution in [2.24, 2.45) is 4.99 Å². The van der Waals surface area contributed by atoms with Crippen molar-refractivity contribution in [2.45, 2.75) is 0 Å². The van der Waals surface area contributed by atoms with E-state index in [2.05, 4.69) is 23.5 Å². The van der Waals surface area contributed by atoms with E-state index in [1.54, 1.807) is 23.9 Å². The fourth-order valence-electron chi connectivity index (χ4n) is 0.500. The largest absolute Gasteiger partial charge is 0.361 e. The quantitative estimate of drug-likeness (QED) is 0.394. The number of nitrogens with one attached hydrogen (secondary N) is 1. The summed E-state index contributed by atoms with van der Waals surface area (Å²) < 4.78 is 0. The second kappa shape index (κ2) is 7.41. The van der Waals surface area contributed by atoms with Gasteiger partial charge in [-0.15, -0.1) is 13.2 Å². The van der Waals surface area contributed by atoms with E-state index in [4.69, 9.17) is 0 Å². The highest BCUT2D eigenvalue weighted by Crippen LogP contribution is 1.94. The predicted octanol–water partition coefficient (Wildman–Crippen LogP) is 1.67. The highest BCUT2D eigenvalue weighted by atomic mass is 32.2. The molecule has 0 heterocycles. The van der Waals surface area contributed by atoms with Crippen LogP contribution in [0.1, 0.15) is 0 Å². The van der Waals surface area contributed by atoms with E-state index in [-0.39, 0.29) is 0 Å². The SMILES string of the molecule is C=CCN=C(NCC=C)SC. The van der Waals surface area contributed by atoms with Gasteiger partial charge in [-0.3, -0.25) is 4.99 Å². The maximum absolute atomic E-state index is 4.20. The van der Waals surface area contributed by atoms with Crippen LogP contribution in [0.3, 0.4) is 0 Å². The van der Waals surface area contributed by atoms with E-state index in [9.17, 15) is 0 Å². The number of aliphatic imine (C=N–C) groups is 1. The zero-order chi connectivity index (χ0) is 8.53. The standard InChI is InChI=1S/C8H14N2S/c1-4-6-9-8(11-3)10-7-5-2/h4-5H,1-2,6-7H2,3H3,(H,9,10). The van der Waals surface area contributed by atoms with Crippen molar-refractivity contribution in [1.82, 2.24) is 5.32 Å². The van der Waals surface area contributed by atoms with Crippen molar-refractivity contribution in [2.75, 3.05) is 19.3 Å². The molecule has 11 heavy (non-hydrogen) atoms. The normalized spacial score (nSPS) is 10.8. The molecule has 0 bridgehead atoms. The van der Waals surface area contributed by atoms with Crippen molar-refractivity contribution in [3.8, 4) is 0 Å². The number of thioether (sulfide) groups is 1. The van der Waals surface area contributed by atoms with Gasteiger partial charge in [0.25, 0.3) is 0 Å². The van der Waals surface area contributed by atoms with Gasteiger partial charge in [0.1, 0.15) is 0 Å². The third-order valence-corrected chi connectivity index (χ3v) is 1.62. The van der Waals surface area contributed by atoms with Gasteiger partial charge in [0.15, 0.2) is 5.17 Å². The van der Waals surface area contributed by atoms with Crippen LogP contribution in [0.15, 0.2) is 30.3 Å². The lowest BCUT2D eigenvalue weighted by atomic mass is 10.6. The maximum Gasteiger partial charge on any atom is 0.156 e. The topological polar surface area (TPSA) is 24.4 Å². The van der Waals surface area contributed by atoms with Gasteiger partial charge in [0, 0.05) is 6.54 Å².